The zero-order valence-electron chi connectivity index (χ0n) is 14.0. The molecule has 1 aliphatic carbocycles. The molecule has 1 aliphatic heterocycles. The van der Waals surface area contributed by atoms with Crippen LogP contribution in [-0.4, -0.2) is 43.0 Å². The Labute approximate surface area is 152 Å². The molecule has 136 valence electrons. The minimum atomic E-state index is -0.690. The maximum absolute atomic E-state index is 14.2. The van der Waals surface area contributed by atoms with Gasteiger partial charge in [-0.25, -0.2) is 19.7 Å². The van der Waals surface area contributed by atoms with E-state index in [4.69, 9.17) is 0 Å². The Morgan fingerprint density at radius 3 is 2.74 bits per heavy atom. The van der Waals surface area contributed by atoms with Crippen LogP contribution in [0, 0.1) is 5.95 Å². The van der Waals surface area contributed by atoms with Gasteiger partial charge in [0.25, 0.3) is 0 Å². The Morgan fingerprint density at radius 1 is 1.15 bits per heavy atom. The lowest BCUT2D eigenvalue weighted by molar-refractivity contribution is -0.122. The first-order valence-electron chi connectivity index (χ1n) is 8.49. The van der Waals surface area contributed by atoms with Crippen molar-refractivity contribution in [3.63, 3.8) is 0 Å². The molecular weight excluding hydrogens is 353 g/mol. The third-order valence-electron chi connectivity index (χ3n) is 5.05. The summed E-state index contributed by atoms with van der Waals surface area (Å²) in [6.07, 6.45) is 6.99. The van der Waals surface area contributed by atoms with Crippen LogP contribution >= 0.6 is 0 Å². The number of imidazole rings is 1. The fraction of sp³-hybridized carbons (Fsp3) is 0.294. The molecule has 5 rings (SSSR count). The quantitative estimate of drug-likeness (QED) is 0.709. The van der Waals surface area contributed by atoms with Crippen LogP contribution in [0.2, 0.25) is 0 Å². The van der Waals surface area contributed by atoms with Gasteiger partial charge in [-0.2, -0.15) is 14.0 Å². The number of halogens is 1. The summed E-state index contributed by atoms with van der Waals surface area (Å²) in [7, 11) is 0. The third-order valence-corrected chi connectivity index (χ3v) is 5.05. The van der Waals surface area contributed by atoms with E-state index >= 15 is 0 Å². The molecule has 3 aromatic rings. The van der Waals surface area contributed by atoms with Gasteiger partial charge in [-0.3, -0.25) is 10.1 Å². The van der Waals surface area contributed by atoms with Crippen molar-refractivity contribution in [3.05, 3.63) is 53.8 Å². The summed E-state index contributed by atoms with van der Waals surface area (Å²) in [4.78, 5) is 35.8. The monoisotopic (exact) mass is 367 g/mol. The summed E-state index contributed by atoms with van der Waals surface area (Å²) in [5.41, 5.74) is 2.65. The topological polar surface area (TPSA) is 114 Å². The van der Waals surface area contributed by atoms with E-state index in [-0.39, 0.29) is 18.4 Å². The van der Waals surface area contributed by atoms with Crippen molar-refractivity contribution >= 4 is 17.6 Å². The summed E-state index contributed by atoms with van der Waals surface area (Å²) in [6, 6.07) is 1.25. The smallest absolute Gasteiger partial charge is 0.321 e. The van der Waals surface area contributed by atoms with E-state index in [1.54, 1.807) is 18.5 Å². The highest BCUT2D eigenvalue weighted by molar-refractivity contribution is 6.00. The van der Waals surface area contributed by atoms with E-state index in [2.05, 4.69) is 30.7 Å². The fourth-order valence-electron chi connectivity index (χ4n) is 3.61. The highest BCUT2D eigenvalue weighted by Crippen LogP contribution is 2.55. The number of hydrogen-bond acceptors (Lipinski definition) is 6. The molecule has 4 heterocycles. The number of rotatable bonds is 3. The number of nitrogens with zero attached hydrogens (tertiary/aromatic N) is 5. The number of fused-ring (bicyclic) bond motifs is 1. The molecule has 2 fully saturated rings. The molecule has 3 aromatic heterocycles. The van der Waals surface area contributed by atoms with Gasteiger partial charge in [-0.05, 0) is 29.9 Å². The fourth-order valence-corrected chi connectivity index (χ4v) is 3.61. The van der Waals surface area contributed by atoms with Crippen LogP contribution in [0.4, 0.5) is 9.18 Å². The second-order valence-electron chi connectivity index (χ2n) is 6.71. The van der Waals surface area contributed by atoms with Crippen molar-refractivity contribution in [2.24, 2.45) is 0 Å². The van der Waals surface area contributed by atoms with Crippen molar-refractivity contribution in [3.8, 4) is 0 Å². The summed E-state index contributed by atoms with van der Waals surface area (Å²) in [5.74, 6) is -1.42. The number of urea groups is 1. The summed E-state index contributed by atoms with van der Waals surface area (Å²) in [5, 5.41) is 9.03. The SMILES string of the molecule is O=C1NCC(c2cc([C@H]3C[C@@H]3c3cncnc3)c3ncc(F)n3n2)C(=O)N1. The van der Waals surface area contributed by atoms with Gasteiger partial charge in [0.1, 0.15) is 6.33 Å². The average Bonchev–Trinajstić information content (AvgIpc) is 3.39. The van der Waals surface area contributed by atoms with Gasteiger partial charge in [-0.1, -0.05) is 0 Å². The number of carbonyl (C=O) groups excluding carboxylic acids is 2. The third kappa shape index (κ3) is 2.60. The molecule has 1 unspecified atom stereocenters. The molecule has 9 nitrogen and oxygen atoms in total. The minimum absolute atomic E-state index is 0.111. The second-order valence-corrected chi connectivity index (χ2v) is 6.71. The van der Waals surface area contributed by atoms with E-state index in [9.17, 15) is 14.0 Å². The first kappa shape index (κ1) is 15.8. The number of carbonyl (C=O) groups is 2. The van der Waals surface area contributed by atoms with Crippen LogP contribution < -0.4 is 10.6 Å². The van der Waals surface area contributed by atoms with E-state index < -0.39 is 23.8 Å². The molecule has 2 aliphatic rings. The number of aromatic nitrogens is 5. The van der Waals surface area contributed by atoms with E-state index in [0.29, 0.717) is 11.3 Å². The van der Waals surface area contributed by atoms with Gasteiger partial charge in [0.15, 0.2) is 5.65 Å². The molecule has 1 saturated heterocycles. The van der Waals surface area contributed by atoms with Crippen molar-refractivity contribution in [2.75, 3.05) is 6.54 Å². The predicted molar refractivity (Wildman–Crippen MR) is 89.4 cm³/mol. The van der Waals surface area contributed by atoms with Gasteiger partial charge in [0.2, 0.25) is 11.9 Å². The molecule has 0 aromatic carbocycles. The molecule has 0 radical (unpaired) electrons. The zero-order chi connectivity index (χ0) is 18.5. The molecule has 2 N–H and O–H groups in total. The van der Waals surface area contributed by atoms with E-state index in [1.165, 1.54) is 6.33 Å². The van der Waals surface area contributed by atoms with Crippen LogP contribution in [-0.2, 0) is 4.79 Å². The first-order chi connectivity index (χ1) is 13.1. The van der Waals surface area contributed by atoms with Crippen molar-refractivity contribution in [1.29, 1.82) is 0 Å². The number of amides is 3. The van der Waals surface area contributed by atoms with Gasteiger partial charge in [0, 0.05) is 24.5 Å². The highest BCUT2D eigenvalue weighted by Gasteiger charge is 2.42. The Kier molecular flexibility index (Phi) is 3.39. The summed E-state index contributed by atoms with van der Waals surface area (Å²) < 4.78 is 15.3. The van der Waals surface area contributed by atoms with Crippen LogP contribution in [0.1, 0.15) is 41.0 Å². The Bertz CT molecular complexity index is 1070. The molecule has 1 saturated carbocycles. The molecule has 3 atom stereocenters. The van der Waals surface area contributed by atoms with E-state index in [1.807, 2.05) is 0 Å². The Hall–Kier alpha value is -3.43. The maximum atomic E-state index is 14.2. The van der Waals surface area contributed by atoms with Gasteiger partial charge >= 0.3 is 6.03 Å². The average molecular weight is 367 g/mol. The summed E-state index contributed by atoms with van der Waals surface area (Å²) in [6.45, 7) is 0.111. The largest absolute Gasteiger partial charge is 0.337 e. The lowest BCUT2D eigenvalue weighted by atomic mass is 9.99. The molecule has 27 heavy (non-hydrogen) atoms. The lowest BCUT2D eigenvalue weighted by Gasteiger charge is -2.22. The molecule has 10 heteroatoms. The van der Waals surface area contributed by atoms with Crippen LogP contribution in [0.25, 0.3) is 5.65 Å². The van der Waals surface area contributed by atoms with Crippen molar-refractivity contribution in [2.45, 2.75) is 24.2 Å². The molecule has 0 bridgehead atoms. The van der Waals surface area contributed by atoms with E-state index in [0.717, 1.165) is 28.3 Å². The van der Waals surface area contributed by atoms with Gasteiger partial charge in [0.05, 0.1) is 17.8 Å². The van der Waals surface area contributed by atoms with Gasteiger partial charge in [-0.15, -0.1) is 0 Å². The molecular formula is C17H14FN7O2. The van der Waals surface area contributed by atoms with Crippen molar-refractivity contribution < 1.29 is 14.0 Å². The van der Waals surface area contributed by atoms with Crippen LogP contribution in [0.5, 0.6) is 0 Å². The van der Waals surface area contributed by atoms with Crippen molar-refractivity contribution in [1.82, 2.24) is 35.2 Å². The van der Waals surface area contributed by atoms with Gasteiger partial charge < -0.3 is 5.32 Å². The normalized spacial score (nSPS) is 24.6. The summed E-state index contributed by atoms with van der Waals surface area (Å²) >= 11 is 0. The minimum Gasteiger partial charge on any atom is -0.337 e. The Morgan fingerprint density at radius 2 is 1.96 bits per heavy atom. The lowest BCUT2D eigenvalue weighted by Crippen LogP contribution is -2.51. The number of imide groups is 1. The maximum Gasteiger partial charge on any atom is 0.321 e. The number of nitrogens with one attached hydrogen (secondary N) is 2. The molecule has 0 spiro atoms. The number of hydrogen-bond donors (Lipinski definition) is 2. The standard InChI is InChI=1S/C17H14FN7O2/c18-14-6-21-15-11(10-1-9(10)8-3-19-7-20-4-8)2-13(24-25(14)15)12-5-22-17(27)23-16(12)26/h2-4,6-7,9-10,12H,1,5H2,(H2,22,23,26,27)/t9-,10+,12?/m1/s1. The predicted octanol–water partition coefficient (Wildman–Crippen LogP) is 0.852. The zero-order valence-corrected chi connectivity index (χ0v) is 14.0. The highest BCUT2D eigenvalue weighted by atomic mass is 19.1. The molecule has 3 amide bonds. The van der Waals surface area contributed by atoms with Crippen LogP contribution in [0.15, 0.2) is 31.0 Å². The Balaban J connectivity index is 1.56. The second kappa shape index (κ2) is 5.79. The first-order valence-corrected chi connectivity index (χ1v) is 8.49. The van der Waals surface area contributed by atoms with Crippen LogP contribution in [0.3, 0.4) is 0 Å².